The molecule has 0 fully saturated rings. The van der Waals surface area contributed by atoms with E-state index in [9.17, 15) is 4.79 Å². The molecule has 1 amide bonds. The van der Waals surface area contributed by atoms with Crippen molar-refractivity contribution < 1.29 is 4.79 Å². The lowest BCUT2D eigenvalue weighted by Crippen LogP contribution is -2.34. The van der Waals surface area contributed by atoms with Gasteiger partial charge in [-0.1, -0.05) is 52.3 Å². The number of nitrogens with two attached hydrogens (primary N) is 1. The Morgan fingerprint density at radius 2 is 1.88 bits per heavy atom. The molecule has 4 N–H and O–H groups in total. The first-order valence-corrected chi connectivity index (χ1v) is 8.06. The molecule has 0 aliphatic carbocycles. The Bertz CT molecular complexity index is 679. The zero-order valence-corrected chi connectivity index (χ0v) is 17.0. The van der Waals surface area contributed by atoms with Gasteiger partial charge in [0.25, 0.3) is 0 Å². The molecular weight excluding hydrogens is 483 g/mol. The number of halogens is 2. The third-order valence-corrected chi connectivity index (χ3v) is 3.56. The number of nitrogens with zero attached hydrogens (tertiary/aromatic N) is 1. The van der Waals surface area contributed by atoms with Crippen LogP contribution in [0.2, 0.25) is 0 Å². The first-order valence-electron chi connectivity index (χ1n) is 7.26. The van der Waals surface area contributed by atoms with Crippen molar-refractivity contribution in [1.29, 1.82) is 0 Å². The number of aliphatic imine (C=N–C) groups is 1. The van der Waals surface area contributed by atoms with E-state index in [-0.39, 0.29) is 42.4 Å². The zero-order chi connectivity index (χ0) is 16.5. The Labute approximate surface area is 167 Å². The van der Waals surface area contributed by atoms with Crippen LogP contribution in [0.4, 0.5) is 5.69 Å². The van der Waals surface area contributed by atoms with Crippen molar-refractivity contribution in [2.24, 2.45) is 10.7 Å². The predicted molar refractivity (Wildman–Crippen MR) is 113 cm³/mol. The van der Waals surface area contributed by atoms with Crippen LogP contribution in [0.1, 0.15) is 5.56 Å². The second-order valence-corrected chi connectivity index (χ2v) is 5.84. The molecule has 0 atom stereocenters. The Balaban J connectivity index is 0.00000288. The van der Waals surface area contributed by atoms with Crippen LogP contribution in [-0.4, -0.2) is 25.0 Å². The van der Waals surface area contributed by atoms with Gasteiger partial charge in [0, 0.05) is 16.7 Å². The van der Waals surface area contributed by atoms with Crippen LogP contribution in [0.3, 0.4) is 0 Å². The molecule has 5 nitrogen and oxygen atoms in total. The van der Waals surface area contributed by atoms with Crippen molar-refractivity contribution in [1.82, 2.24) is 5.32 Å². The number of carbonyl (C=O) groups is 1. The van der Waals surface area contributed by atoms with Crippen LogP contribution in [0.5, 0.6) is 0 Å². The lowest BCUT2D eigenvalue weighted by molar-refractivity contribution is -0.114. The van der Waals surface area contributed by atoms with Crippen LogP contribution < -0.4 is 16.4 Å². The van der Waals surface area contributed by atoms with E-state index >= 15 is 0 Å². The quantitative estimate of drug-likeness (QED) is 0.322. The molecule has 0 aliphatic heterocycles. The summed E-state index contributed by atoms with van der Waals surface area (Å²) in [4.78, 5) is 15.8. The van der Waals surface area contributed by atoms with E-state index in [0.717, 1.165) is 16.6 Å². The molecule has 0 heterocycles. The van der Waals surface area contributed by atoms with Crippen molar-refractivity contribution in [3.8, 4) is 0 Å². The summed E-state index contributed by atoms with van der Waals surface area (Å²) in [6.07, 6.45) is 0.849. The Morgan fingerprint density at radius 3 is 2.58 bits per heavy atom. The maximum absolute atomic E-state index is 11.8. The van der Waals surface area contributed by atoms with Crippen LogP contribution >= 0.6 is 39.9 Å². The van der Waals surface area contributed by atoms with E-state index in [0.29, 0.717) is 6.54 Å². The summed E-state index contributed by atoms with van der Waals surface area (Å²) < 4.78 is 0.904. The fourth-order valence-corrected chi connectivity index (χ4v) is 2.36. The molecule has 0 saturated carbocycles. The highest BCUT2D eigenvalue weighted by molar-refractivity contribution is 14.0. The number of nitrogens with one attached hydrogen (secondary N) is 2. The number of benzene rings is 2. The summed E-state index contributed by atoms with van der Waals surface area (Å²) in [7, 11) is 0. The van der Waals surface area contributed by atoms with Gasteiger partial charge in [-0.2, -0.15) is 0 Å². The topological polar surface area (TPSA) is 79.5 Å². The minimum Gasteiger partial charge on any atom is -0.370 e. The molecular formula is C17H20BrIN4O. The molecule has 0 saturated heterocycles. The molecule has 0 unspecified atom stereocenters. The van der Waals surface area contributed by atoms with Crippen LogP contribution in [0, 0.1) is 0 Å². The normalized spacial score (nSPS) is 10.6. The average Bonchev–Trinajstić information content (AvgIpc) is 2.54. The van der Waals surface area contributed by atoms with Gasteiger partial charge in [-0.15, -0.1) is 24.0 Å². The van der Waals surface area contributed by atoms with Crippen LogP contribution in [-0.2, 0) is 11.2 Å². The highest BCUT2D eigenvalue weighted by Gasteiger charge is 2.02. The molecule has 128 valence electrons. The van der Waals surface area contributed by atoms with Crippen LogP contribution in [0.25, 0.3) is 0 Å². The molecule has 2 aromatic carbocycles. The third-order valence-electron chi connectivity index (χ3n) is 3.06. The largest absolute Gasteiger partial charge is 0.370 e. The number of amides is 1. The Kier molecular flexibility index (Phi) is 9.39. The van der Waals surface area contributed by atoms with Gasteiger partial charge in [0.1, 0.15) is 6.54 Å². The Hall–Kier alpha value is -1.61. The monoisotopic (exact) mass is 502 g/mol. The second kappa shape index (κ2) is 11.0. The highest BCUT2D eigenvalue weighted by atomic mass is 127. The van der Waals surface area contributed by atoms with Crippen molar-refractivity contribution in [3.05, 3.63) is 64.6 Å². The molecule has 7 heteroatoms. The Morgan fingerprint density at radius 1 is 1.12 bits per heavy atom. The predicted octanol–water partition coefficient (Wildman–Crippen LogP) is 3.15. The summed E-state index contributed by atoms with van der Waals surface area (Å²) in [5, 5.41) is 5.76. The first-order chi connectivity index (χ1) is 11.1. The van der Waals surface area contributed by atoms with Crippen molar-refractivity contribution in [2.75, 3.05) is 18.4 Å². The van der Waals surface area contributed by atoms with Crippen molar-refractivity contribution >= 4 is 57.5 Å². The number of guanidine groups is 1. The number of carbonyl (C=O) groups excluding carboxylic acids is 1. The summed E-state index contributed by atoms with van der Waals surface area (Å²) in [5.41, 5.74) is 7.70. The highest BCUT2D eigenvalue weighted by Crippen LogP contribution is 2.15. The van der Waals surface area contributed by atoms with E-state index in [1.165, 1.54) is 5.56 Å². The van der Waals surface area contributed by atoms with Gasteiger partial charge in [-0.25, -0.2) is 4.99 Å². The van der Waals surface area contributed by atoms with Crippen molar-refractivity contribution in [2.45, 2.75) is 6.42 Å². The van der Waals surface area contributed by atoms with Gasteiger partial charge < -0.3 is 16.4 Å². The van der Waals surface area contributed by atoms with Gasteiger partial charge in [-0.3, -0.25) is 4.79 Å². The maximum Gasteiger partial charge on any atom is 0.246 e. The SMILES string of the molecule is I.NC(=NCC(=O)Nc1cccc(Br)c1)NCCc1ccccc1. The van der Waals surface area contributed by atoms with Crippen LogP contribution in [0.15, 0.2) is 64.1 Å². The zero-order valence-electron chi connectivity index (χ0n) is 13.0. The summed E-state index contributed by atoms with van der Waals surface area (Å²) in [6, 6.07) is 17.5. The molecule has 2 rings (SSSR count). The summed E-state index contributed by atoms with van der Waals surface area (Å²) >= 11 is 3.35. The van der Waals surface area contributed by atoms with Gasteiger partial charge in [-0.05, 0) is 30.2 Å². The number of anilines is 1. The number of hydrogen-bond acceptors (Lipinski definition) is 2. The van der Waals surface area contributed by atoms with E-state index in [4.69, 9.17) is 5.73 Å². The smallest absolute Gasteiger partial charge is 0.246 e. The van der Waals surface area contributed by atoms with Gasteiger partial charge >= 0.3 is 0 Å². The van der Waals surface area contributed by atoms with Gasteiger partial charge in [0.2, 0.25) is 5.91 Å². The first kappa shape index (κ1) is 20.4. The van der Waals surface area contributed by atoms with E-state index in [1.54, 1.807) is 0 Å². The number of rotatable bonds is 6. The molecule has 0 bridgehead atoms. The summed E-state index contributed by atoms with van der Waals surface area (Å²) in [6.45, 7) is 0.656. The van der Waals surface area contributed by atoms with E-state index < -0.39 is 0 Å². The molecule has 0 spiro atoms. The molecule has 0 aromatic heterocycles. The summed E-state index contributed by atoms with van der Waals surface area (Å²) in [5.74, 6) is 0.0567. The van der Waals surface area contributed by atoms with Gasteiger partial charge in [0.05, 0.1) is 0 Å². The minimum atomic E-state index is -0.212. The third kappa shape index (κ3) is 7.78. The molecule has 0 radical (unpaired) electrons. The fraction of sp³-hybridized carbons (Fsp3) is 0.176. The molecule has 2 aromatic rings. The molecule has 24 heavy (non-hydrogen) atoms. The average molecular weight is 503 g/mol. The standard InChI is InChI=1S/C17H19BrN4O.HI/c18-14-7-4-8-15(11-14)22-16(23)12-21-17(19)20-10-9-13-5-2-1-3-6-13;/h1-8,11H,9-10,12H2,(H,22,23)(H3,19,20,21);1H. The van der Waals surface area contributed by atoms with Crippen molar-refractivity contribution in [3.63, 3.8) is 0 Å². The lowest BCUT2D eigenvalue weighted by Gasteiger charge is -2.06. The fourth-order valence-electron chi connectivity index (χ4n) is 1.96. The molecule has 0 aliphatic rings. The number of hydrogen-bond donors (Lipinski definition) is 3. The minimum absolute atomic E-state index is 0. The van der Waals surface area contributed by atoms with E-state index in [1.807, 2.05) is 42.5 Å². The lowest BCUT2D eigenvalue weighted by atomic mass is 10.1. The second-order valence-electron chi connectivity index (χ2n) is 4.92. The van der Waals surface area contributed by atoms with E-state index in [2.05, 4.69) is 43.7 Å². The van der Waals surface area contributed by atoms with Gasteiger partial charge in [0.15, 0.2) is 5.96 Å². The maximum atomic E-state index is 11.8.